The van der Waals surface area contributed by atoms with E-state index in [0.717, 1.165) is 11.1 Å². The summed E-state index contributed by atoms with van der Waals surface area (Å²) in [6, 6.07) is 8.06. The van der Waals surface area contributed by atoms with Gasteiger partial charge in [0.05, 0.1) is 5.84 Å². The third-order valence-electron chi connectivity index (χ3n) is 2.01. The van der Waals surface area contributed by atoms with Gasteiger partial charge in [-0.1, -0.05) is 6.07 Å². The number of aromatic amines is 1. The Morgan fingerprint density at radius 2 is 2.23 bits per heavy atom. The van der Waals surface area contributed by atoms with Gasteiger partial charge in [-0.05, 0) is 29.1 Å². The van der Waals surface area contributed by atoms with Crippen LogP contribution in [0.15, 0.2) is 30.5 Å². The predicted molar refractivity (Wildman–Crippen MR) is 53.9 cm³/mol. The van der Waals surface area contributed by atoms with Crippen LogP contribution >= 0.6 is 0 Å². The Labute approximate surface area is 76.1 Å². The van der Waals surface area contributed by atoms with E-state index in [2.05, 4.69) is 4.98 Å². The lowest BCUT2D eigenvalue weighted by Gasteiger charge is -1.98. The molecule has 0 bridgehead atoms. The van der Waals surface area contributed by atoms with Crippen LogP contribution in [0.1, 0.15) is 5.56 Å². The second kappa shape index (κ2) is 2.94. The Morgan fingerprint density at radius 1 is 1.38 bits per heavy atom. The number of H-pyrrole nitrogens is 1. The lowest BCUT2D eigenvalue weighted by Crippen LogP contribution is -2.12. The Bertz CT molecular complexity index is 442. The van der Waals surface area contributed by atoms with E-state index in [0.29, 0.717) is 6.42 Å². The van der Waals surface area contributed by atoms with E-state index < -0.39 is 0 Å². The molecule has 0 aliphatic heterocycles. The summed E-state index contributed by atoms with van der Waals surface area (Å²) in [6.45, 7) is 0. The molecule has 0 atom stereocenters. The first kappa shape index (κ1) is 7.86. The first-order valence-electron chi connectivity index (χ1n) is 4.14. The van der Waals surface area contributed by atoms with Crippen LogP contribution in [0.5, 0.6) is 0 Å². The molecule has 0 spiro atoms. The van der Waals surface area contributed by atoms with Crippen LogP contribution in [-0.2, 0) is 6.42 Å². The number of hydrogen-bond donors (Lipinski definition) is 3. The number of aromatic nitrogens is 1. The Morgan fingerprint density at radius 3 is 3.00 bits per heavy atom. The van der Waals surface area contributed by atoms with Crippen molar-refractivity contribution < 1.29 is 0 Å². The second-order valence-electron chi connectivity index (χ2n) is 3.10. The number of nitrogens with two attached hydrogens (primary N) is 1. The maximum absolute atomic E-state index is 7.17. The lowest BCUT2D eigenvalue weighted by atomic mass is 10.1. The average molecular weight is 173 g/mol. The summed E-state index contributed by atoms with van der Waals surface area (Å²) in [6.07, 6.45) is 2.43. The number of amidine groups is 1. The van der Waals surface area contributed by atoms with Crippen molar-refractivity contribution in [1.29, 1.82) is 5.41 Å². The van der Waals surface area contributed by atoms with Crippen molar-refractivity contribution in [2.45, 2.75) is 6.42 Å². The Balaban J connectivity index is 2.42. The number of nitrogens with one attached hydrogen (secondary N) is 2. The number of fused-ring (bicyclic) bond motifs is 1. The Kier molecular flexibility index (Phi) is 1.77. The largest absolute Gasteiger partial charge is 0.387 e. The molecular weight excluding hydrogens is 162 g/mol. The molecule has 2 aromatic rings. The molecule has 3 nitrogen and oxygen atoms in total. The number of rotatable bonds is 2. The maximum atomic E-state index is 7.17. The van der Waals surface area contributed by atoms with Gasteiger partial charge in [0.1, 0.15) is 0 Å². The zero-order valence-electron chi connectivity index (χ0n) is 7.17. The topological polar surface area (TPSA) is 65.7 Å². The predicted octanol–water partition coefficient (Wildman–Crippen LogP) is 1.65. The summed E-state index contributed by atoms with van der Waals surface area (Å²) in [4.78, 5) is 3.12. The van der Waals surface area contributed by atoms with Crippen molar-refractivity contribution in [1.82, 2.24) is 4.98 Å². The minimum absolute atomic E-state index is 0.204. The van der Waals surface area contributed by atoms with Gasteiger partial charge >= 0.3 is 0 Å². The zero-order chi connectivity index (χ0) is 9.26. The van der Waals surface area contributed by atoms with Crippen LogP contribution in [0.4, 0.5) is 0 Å². The van der Waals surface area contributed by atoms with E-state index in [1.165, 1.54) is 5.39 Å². The molecule has 13 heavy (non-hydrogen) atoms. The normalized spacial score (nSPS) is 10.5. The molecule has 66 valence electrons. The fraction of sp³-hybridized carbons (Fsp3) is 0.100. The van der Waals surface area contributed by atoms with E-state index in [1.54, 1.807) is 0 Å². The summed E-state index contributed by atoms with van der Waals surface area (Å²) >= 11 is 0. The molecule has 4 N–H and O–H groups in total. The fourth-order valence-corrected chi connectivity index (χ4v) is 1.43. The van der Waals surface area contributed by atoms with Gasteiger partial charge in [0.25, 0.3) is 0 Å². The molecule has 3 heteroatoms. The molecule has 1 aromatic heterocycles. The van der Waals surface area contributed by atoms with Crippen LogP contribution in [0.25, 0.3) is 10.9 Å². The molecule has 0 unspecified atom stereocenters. The monoisotopic (exact) mass is 173 g/mol. The van der Waals surface area contributed by atoms with Crippen LogP contribution in [-0.4, -0.2) is 10.8 Å². The van der Waals surface area contributed by atoms with Crippen LogP contribution in [0.3, 0.4) is 0 Å². The third kappa shape index (κ3) is 1.54. The highest BCUT2D eigenvalue weighted by atomic mass is 14.7. The molecule has 0 fully saturated rings. The van der Waals surface area contributed by atoms with Crippen molar-refractivity contribution in [3.05, 3.63) is 36.0 Å². The Hall–Kier alpha value is -1.77. The molecule has 0 aliphatic carbocycles. The van der Waals surface area contributed by atoms with E-state index >= 15 is 0 Å². The lowest BCUT2D eigenvalue weighted by molar-refractivity contribution is 1.25. The molecule has 1 heterocycles. The quantitative estimate of drug-likeness (QED) is 0.469. The smallest absolute Gasteiger partial charge is 0.0950 e. The molecule has 1 aromatic carbocycles. The third-order valence-corrected chi connectivity index (χ3v) is 2.01. The summed E-state index contributed by atoms with van der Waals surface area (Å²) in [7, 11) is 0. The fourth-order valence-electron chi connectivity index (χ4n) is 1.43. The first-order chi connectivity index (χ1) is 6.25. The van der Waals surface area contributed by atoms with Crippen molar-refractivity contribution in [2.24, 2.45) is 5.73 Å². The van der Waals surface area contributed by atoms with Gasteiger partial charge in [-0.2, -0.15) is 0 Å². The maximum Gasteiger partial charge on any atom is 0.0950 e. The molecule has 0 aliphatic rings. The summed E-state index contributed by atoms with van der Waals surface area (Å²) in [5.74, 6) is 0.204. The van der Waals surface area contributed by atoms with E-state index in [-0.39, 0.29) is 5.84 Å². The van der Waals surface area contributed by atoms with Gasteiger partial charge in [-0.3, -0.25) is 5.41 Å². The molecule has 0 saturated heterocycles. The van der Waals surface area contributed by atoms with Gasteiger partial charge in [0.15, 0.2) is 0 Å². The minimum atomic E-state index is 0.204. The van der Waals surface area contributed by atoms with Crippen molar-refractivity contribution in [3.63, 3.8) is 0 Å². The highest BCUT2D eigenvalue weighted by Crippen LogP contribution is 2.14. The van der Waals surface area contributed by atoms with E-state index in [9.17, 15) is 0 Å². The summed E-state index contributed by atoms with van der Waals surface area (Å²) in [5.41, 5.74) is 7.52. The van der Waals surface area contributed by atoms with Crippen molar-refractivity contribution in [3.8, 4) is 0 Å². The molecule has 0 saturated carbocycles. The number of hydrogen-bond acceptors (Lipinski definition) is 1. The molecule has 0 amide bonds. The zero-order valence-corrected chi connectivity index (χ0v) is 7.17. The molecular formula is C10H11N3. The van der Waals surface area contributed by atoms with E-state index in [1.807, 2.05) is 30.5 Å². The standard InChI is InChI=1S/C10H11N3/c11-10(12)6-7-1-2-9-8(5-7)3-4-13-9/h1-5,13H,6H2,(H3,11,12). The van der Waals surface area contributed by atoms with E-state index in [4.69, 9.17) is 11.1 Å². The van der Waals surface area contributed by atoms with Crippen LogP contribution in [0.2, 0.25) is 0 Å². The summed E-state index contributed by atoms with van der Waals surface area (Å²) in [5, 5.41) is 8.34. The average Bonchev–Trinajstić information content (AvgIpc) is 2.49. The highest BCUT2D eigenvalue weighted by molar-refractivity contribution is 5.83. The van der Waals surface area contributed by atoms with Crippen molar-refractivity contribution in [2.75, 3.05) is 0 Å². The minimum Gasteiger partial charge on any atom is -0.387 e. The molecule has 0 radical (unpaired) electrons. The first-order valence-corrected chi connectivity index (χ1v) is 4.14. The van der Waals surface area contributed by atoms with Gasteiger partial charge in [0, 0.05) is 18.1 Å². The van der Waals surface area contributed by atoms with Crippen LogP contribution < -0.4 is 5.73 Å². The van der Waals surface area contributed by atoms with Gasteiger partial charge in [0.2, 0.25) is 0 Å². The van der Waals surface area contributed by atoms with Gasteiger partial charge in [-0.15, -0.1) is 0 Å². The van der Waals surface area contributed by atoms with Crippen molar-refractivity contribution >= 4 is 16.7 Å². The number of benzene rings is 1. The molecule has 2 rings (SSSR count). The summed E-state index contributed by atoms with van der Waals surface area (Å²) < 4.78 is 0. The second-order valence-corrected chi connectivity index (χ2v) is 3.10. The van der Waals surface area contributed by atoms with Gasteiger partial charge < -0.3 is 10.7 Å². The SMILES string of the molecule is N=C(N)Cc1ccc2[nH]ccc2c1. The highest BCUT2D eigenvalue weighted by Gasteiger charge is 1.98. The van der Waals surface area contributed by atoms with Gasteiger partial charge in [-0.25, -0.2) is 0 Å². The van der Waals surface area contributed by atoms with Crippen LogP contribution in [0, 0.1) is 5.41 Å².